The topological polar surface area (TPSA) is 102 Å². The van der Waals surface area contributed by atoms with E-state index in [0.29, 0.717) is 23.5 Å². The third-order valence-electron chi connectivity index (χ3n) is 4.81. The van der Waals surface area contributed by atoms with Crippen LogP contribution in [0.3, 0.4) is 0 Å². The zero-order valence-electron chi connectivity index (χ0n) is 15.1. The minimum absolute atomic E-state index is 0.100. The van der Waals surface area contributed by atoms with Crippen LogP contribution in [0.5, 0.6) is 5.75 Å². The molecular weight excluding hydrogens is 356 g/mol. The summed E-state index contributed by atoms with van der Waals surface area (Å²) in [5.74, 6) is -1.15. The summed E-state index contributed by atoms with van der Waals surface area (Å²) in [5.41, 5.74) is 7.40. The van der Waals surface area contributed by atoms with Gasteiger partial charge in [0.05, 0.1) is 18.1 Å². The van der Waals surface area contributed by atoms with E-state index in [1.54, 1.807) is 48.5 Å². The number of ether oxygens (including phenoxy) is 2. The first-order valence-corrected chi connectivity index (χ1v) is 8.79. The van der Waals surface area contributed by atoms with Gasteiger partial charge < -0.3 is 15.2 Å². The number of allylic oxidation sites excluding steroid dienone is 3. The Morgan fingerprint density at radius 1 is 1.07 bits per heavy atom. The van der Waals surface area contributed by atoms with Crippen LogP contribution in [-0.2, 0) is 4.74 Å². The van der Waals surface area contributed by atoms with Crippen LogP contribution in [-0.4, -0.2) is 18.2 Å². The summed E-state index contributed by atoms with van der Waals surface area (Å²) in [7, 11) is 0. The molecule has 1 aliphatic heterocycles. The van der Waals surface area contributed by atoms with E-state index in [9.17, 15) is 14.9 Å². The Morgan fingerprint density at radius 2 is 1.71 bits per heavy atom. The van der Waals surface area contributed by atoms with E-state index in [-0.39, 0.29) is 34.1 Å². The number of benzene rings is 2. The van der Waals surface area contributed by atoms with Gasteiger partial charge in [0.1, 0.15) is 17.4 Å². The number of nitriles is 1. The smallest absolute Gasteiger partial charge is 0.229 e. The lowest BCUT2D eigenvalue weighted by Crippen LogP contribution is -2.32. The number of ketones is 2. The Balaban J connectivity index is 1.90. The first-order valence-electron chi connectivity index (χ1n) is 8.79. The molecule has 1 atom stereocenters. The number of hydrogen-bond acceptors (Lipinski definition) is 6. The quantitative estimate of drug-likeness (QED) is 0.887. The molecule has 0 unspecified atom stereocenters. The highest BCUT2D eigenvalue weighted by Crippen LogP contribution is 2.44. The van der Waals surface area contributed by atoms with Gasteiger partial charge in [-0.15, -0.1) is 0 Å². The van der Waals surface area contributed by atoms with Gasteiger partial charge in [-0.3, -0.25) is 9.59 Å². The molecule has 0 bridgehead atoms. The van der Waals surface area contributed by atoms with E-state index in [1.165, 1.54) is 0 Å². The molecule has 0 radical (unpaired) electrons. The molecule has 2 N–H and O–H groups in total. The highest BCUT2D eigenvalue weighted by atomic mass is 16.5. The lowest BCUT2D eigenvalue weighted by molar-refractivity contribution is 0.0897. The van der Waals surface area contributed by atoms with Crippen molar-refractivity contribution in [3.63, 3.8) is 0 Å². The zero-order chi connectivity index (χ0) is 19.8. The SMILES string of the molecule is CCOc1ccc([C@H]2C(C#N)=C(N)OC3=C2C(=O)c2ccccc2C3=O)cc1. The van der Waals surface area contributed by atoms with Crippen molar-refractivity contribution in [2.45, 2.75) is 12.8 Å². The van der Waals surface area contributed by atoms with Gasteiger partial charge in [0, 0.05) is 11.1 Å². The number of nitrogens with two attached hydrogens (primary N) is 1. The predicted molar refractivity (Wildman–Crippen MR) is 100 cm³/mol. The molecule has 0 fully saturated rings. The lowest BCUT2D eigenvalue weighted by atomic mass is 9.75. The van der Waals surface area contributed by atoms with Crippen molar-refractivity contribution in [3.8, 4) is 11.8 Å². The van der Waals surface area contributed by atoms with Gasteiger partial charge in [-0.05, 0) is 24.6 Å². The molecule has 1 heterocycles. The Hall–Kier alpha value is -3.85. The van der Waals surface area contributed by atoms with Gasteiger partial charge in [0.2, 0.25) is 11.7 Å². The fourth-order valence-electron chi connectivity index (χ4n) is 3.56. The summed E-state index contributed by atoms with van der Waals surface area (Å²) >= 11 is 0. The number of Topliss-reactive ketones (excluding diaryl/α,β-unsaturated/α-hetero) is 2. The molecule has 2 aliphatic rings. The summed E-state index contributed by atoms with van der Waals surface area (Å²) in [6, 6.07) is 15.6. The third kappa shape index (κ3) is 2.57. The standard InChI is InChI=1S/C22H16N2O4/c1-2-27-13-9-7-12(8-10-13)17-16(11-23)22(24)28-21-18(17)19(25)14-5-3-4-6-15(14)20(21)26/h3-10,17H,2,24H2,1H3/t17-/m0/s1. The van der Waals surface area contributed by atoms with Gasteiger partial charge in [0.25, 0.3) is 0 Å². The Morgan fingerprint density at radius 3 is 2.32 bits per heavy atom. The average Bonchev–Trinajstić information content (AvgIpc) is 2.72. The number of carbonyl (C=O) groups is 2. The van der Waals surface area contributed by atoms with Crippen LogP contribution < -0.4 is 10.5 Å². The van der Waals surface area contributed by atoms with Crippen molar-refractivity contribution < 1.29 is 19.1 Å². The van der Waals surface area contributed by atoms with Crippen LogP contribution in [0.1, 0.15) is 39.1 Å². The summed E-state index contributed by atoms with van der Waals surface area (Å²) < 4.78 is 10.9. The van der Waals surface area contributed by atoms with Crippen LogP contribution >= 0.6 is 0 Å². The molecule has 0 aromatic heterocycles. The predicted octanol–water partition coefficient (Wildman–Crippen LogP) is 3.23. The minimum atomic E-state index is -0.783. The maximum Gasteiger partial charge on any atom is 0.229 e. The van der Waals surface area contributed by atoms with Gasteiger partial charge in [-0.2, -0.15) is 5.26 Å². The second-order valence-electron chi connectivity index (χ2n) is 6.37. The van der Waals surface area contributed by atoms with Crippen molar-refractivity contribution in [3.05, 3.63) is 88.0 Å². The normalized spacial score (nSPS) is 18.2. The van der Waals surface area contributed by atoms with E-state index in [0.717, 1.165) is 0 Å². The lowest BCUT2D eigenvalue weighted by Gasteiger charge is -2.30. The number of hydrogen-bond donors (Lipinski definition) is 1. The fourth-order valence-corrected chi connectivity index (χ4v) is 3.56. The van der Waals surface area contributed by atoms with Crippen LogP contribution in [0.15, 0.2) is 71.3 Å². The Bertz CT molecular complexity index is 1100. The van der Waals surface area contributed by atoms with E-state index < -0.39 is 11.7 Å². The highest BCUT2D eigenvalue weighted by Gasteiger charge is 2.43. The molecule has 1 aliphatic carbocycles. The maximum absolute atomic E-state index is 13.2. The van der Waals surface area contributed by atoms with Gasteiger partial charge in [-0.25, -0.2) is 0 Å². The van der Waals surface area contributed by atoms with Crippen molar-refractivity contribution in [2.24, 2.45) is 5.73 Å². The fraction of sp³-hybridized carbons (Fsp3) is 0.136. The Labute approximate surface area is 161 Å². The van der Waals surface area contributed by atoms with Gasteiger partial charge in [-0.1, -0.05) is 36.4 Å². The summed E-state index contributed by atoms with van der Waals surface area (Å²) in [6.07, 6.45) is 0. The zero-order valence-corrected chi connectivity index (χ0v) is 15.1. The second-order valence-corrected chi connectivity index (χ2v) is 6.37. The molecule has 0 amide bonds. The summed E-state index contributed by atoms with van der Waals surface area (Å²) in [5, 5.41) is 9.66. The molecule has 138 valence electrons. The summed E-state index contributed by atoms with van der Waals surface area (Å²) in [4.78, 5) is 26.2. The van der Waals surface area contributed by atoms with Gasteiger partial charge >= 0.3 is 0 Å². The highest BCUT2D eigenvalue weighted by molar-refractivity contribution is 6.27. The van der Waals surface area contributed by atoms with E-state index in [1.807, 2.05) is 13.0 Å². The molecule has 0 spiro atoms. The van der Waals surface area contributed by atoms with E-state index >= 15 is 0 Å². The molecule has 2 aromatic carbocycles. The molecular formula is C22H16N2O4. The molecule has 0 saturated carbocycles. The van der Waals surface area contributed by atoms with E-state index in [2.05, 4.69) is 0 Å². The van der Waals surface area contributed by atoms with Gasteiger partial charge in [0.15, 0.2) is 11.5 Å². The second kappa shape index (κ2) is 6.71. The minimum Gasteiger partial charge on any atom is -0.494 e. The van der Waals surface area contributed by atoms with Crippen LogP contribution in [0.2, 0.25) is 0 Å². The average molecular weight is 372 g/mol. The summed E-state index contributed by atoms with van der Waals surface area (Å²) in [6.45, 7) is 2.40. The van der Waals surface area contributed by atoms with Crippen LogP contribution in [0.25, 0.3) is 0 Å². The molecule has 6 heteroatoms. The third-order valence-corrected chi connectivity index (χ3v) is 4.81. The van der Waals surface area contributed by atoms with Crippen molar-refractivity contribution in [2.75, 3.05) is 6.61 Å². The molecule has 6 nitrogen and oxygen atoms in total. The van der Waals surface area contributed by atoms with Crippen molar-refractivity contribution >= 4 is 11.6 Å². The molecule has 4 rings (SSSR count). The van der Waals surface area contributed by atoms with Crippen LogP contribution in [0.4, 0.5) is 0 Å². The number of rotatable bonds is 3. The monoisotopic (exact) mass is 372 g/mol. The maximum atomic E-state index is 13.2. The number of nitrogens with zero attached hydrogens (tertiary/aromatic N) is 1. The number of carbonyl (C=O) groups excluding carboxylic acids is 2. The largest absolute Gasteiger partial charge is 0.494 e. The van der Waals surface area contributed by atoms with Crippen LogP contribution in [0, 0.1) is 11.3 Å². The Kier molecular flexibility index (Phi) is 4.21. The van der Waals surface area contributed by atoms with Crippen molar-refractivity contribution in [1.82, 2.24) is 0 Å². The first-order chi connectivity index (χ1) is 13.6. The van der Waals surface area contributed by atoms with Crippen molar-refractivity contribution in [1.29, 1.82) is 5.26 Å². The molecule has 2 aromatic rings. The molecule has 0 saturated heterocycles. The first kappa shape index (κ1) is 17.6. The number of fused-ring (bicyclic) bond motifs is 1. The van der Waals surface area contributed by atoms with E-state index in [4.69, 9.17) is 15.2 Å². The molecule has 28 heavy (non-hydrogen) atoms.